The molecule has 3 rings (SSSR count). The molecule has 3 aromatic rings. The van der Waals surface area contributed by atoms with E-state index in [0.29, 0.717) is 12.2 Å². The highest BCUT2D eigenvalue weighted by Gasteiger charge is 2.08. The average molecular weight is 363 g/mol. The Morgan fingerprint density at radius 3 is 2.50 bits per heavy atom. The van der Waals surface area contributed by atoms with E-state index in [1.807, 2.05) is 74.5 Å². The number of aryl methyl sites for hydroxylation is 2. The summed E-state index contributed by atoms with van der Waals surface area (Å²) >= 11 is 1.57. The van der Waals surface area contributed by atoms with E-state index in [-0.39, 0.29) is 5.91 Å². The van der Waals surface area contributed by atoms with Gasteiger partial charge in [0.15, 0.2) is 0 Å². The van der Waals surface area contributed by atoms with Crippen LogP contribution in [0.25, 0.3) is 11.3 Å². The number of benzene rings is 2. The van der Waals surface area contributed by atoms with E-state index < -0.39 is 0 Å². The first kappa shape index (κ1) is 18.1. The van der Waals surface area contributed by atoms with Gasteiger partial charge in [0, 0.05) is 23.4 Å². The summed E-state index contributed by atoms with van der Waals surface area (Å²) in [5.74, 6) is 1.42. The fourth-order valence-electron chi connectivity index (χ4n) is 2.55. The lowest BCUT2D eigenvalue weighted by Gasteiger charge is -2.08. The van der Waals surface area contributed by atoms with Crippen molar-refractivity contribution < 1.29 is 4.79 Å². The maximum absolute atomic E-state index is 12.2. The maximum Gasteiger partial charge on any atom is 0.225 e. The number of amides is 1. The molecule has 132 valence electrons. The van der Waals surface area contributed by atoms with Crippen molar-refractivity contribution in [2.45, 2.75) is 25.3 Å². The van der Waals surface area contributed by atoms with E-state index in [4.69, 9.17) is 0 Å². The first-order valence-corrected chi connectivity index (χ1v) is 9.50. The second kappa shape index (κ2) is 8.63. The molecule has 1 amide bonds. The third-order valence-electron chi connectivity index (χ3n) is 3.88. The SMILES string of the molecule is Cc1nc(SCCC(=O)Nc2ccccc2C)cc(-c2ccccc2)n1. The predicted octanol–water partition coefficient (Wildman–Crippen LogP) is 4.88. The lowest BCUT2D eigenvalue weighted by Crippen LogP contribution is -2.13. The average Bonchev–Trinajstić information content (AvgIpc) is 2.64. The Bertz CT molecular complexity index is 897. The molecule has 0 aliphatic heterocycles. The molecule has 26 heavy (non-hydrogen) atoms. The molecule has 0 atom stereocenters. The number of carbonyl (C=O) groups is 1. The predicted molar refractivity (Wildman–Crippen MR) is 107 cm³/mol. The van der Waals surface area contributed by atoms with Crippen molar-refractivity contribution in [2.75, 3.05) is 11.1 Å². The van der Waals surface area contributed by atoms with E-state index in [9.17, 15) is 4.79 Å². The van der Waals surface area contributed by atoms with Crippen molar-refractivity contribution >= 4 is 23.4 Å². The molecule has 0 saturated heterocycles. The van der Waals surface area contributed by atoms with Crippen LogP contribution in [0.1, 0.15) is 17.8 Å². The van der Waals surface area contributed by atoms with E-state index in [1.165, 1.54) is 0 Å². The summed E-state index contributed by atoms with van der Waals surface area (Å²) < 4.78 is 0. The largest absolute Gasteiger partial charge is 0.326 e. The van der Waals surface area contributed by atoms with Gasteiger partial charge in [-0.2, -0.15) is 0 Å². The molecule has 0 aliphatic rings. The van der Waals surface area contributed by atoms with Gasteiger partial charge in [-0.15, -0.1) is 11.8 Å². The topological polar surface area (TPSA) is 54.9 Å². The normalized spacial score (nSPS) is 10.5. The number of carbonyl (C=O) groups excluding carboxylic acids is 1. The molecule has 1 aromatic heterocycles. The van der Waals surface area contributed by atoms with Crippen molar-refractivity contribution in [2.24, 2.45) is 0 Å². The van der Waals surface area contributed by atoms with Crippen molar-refractivity contribution in [3.05, 3.63) is 72.1 Å². The summed E-state index contributed by atoms with van der Waals surface area (Å²) in [7, 11) is 0. The fraction of sp³-hybridized carbons (Fsp3) is 0.190. The van der Waals surface area contributed by atoms with E-state index in [1.54, 1.807) is 11.8 Å². The van der Waals surface area contributed by atoms with Crippen LogP contribution in [0.3, 0.4) is 0 Å². The quantitative estimate of drug-likeness (QED) is 0.501. The zero-order valence-corrected chi connectivity index (χ0v) is 15.7. The molecule has 4 nitrogen and oxygen atoms in total. The zero-order chi connectivity index (χ0) is 18.4. The Hall–Kier alpha value is -2.66. The highest BCUT2D eigenvalue weighted by atomic mass is 32.2. The maximum atomic E-state index is 12.2. The molecular formula is C21H21N3OS. The molecule has 0 bridgehead atoms. The third kappa shape index (κ3) is 4.92. The smallest absolute Gasteiger partial charge is 0.225 e. The van der Waals surface area contributed by atoms with Gasteiger partial charge in [-0.3, -0.25) is 4.79 Å². The summed E-state index contributed by atoms with van der Waals surface area (Å²) in [6.07, 6.45) is 0.433. The molecule has 1 N–H and O–H groups in total. The van der Waals surface area contributed by atoms with Crippen LogP contribution < -0.4 is 5.32 Å². The Labute approximate surface area is 158 Å². The fourth-order valence-corrected chi connectivity index (χ4v) is 3.43. The van der Waals surface area contributed by atoms with Crippen LogP contribution >= 0.6 is 11.8 Å². The van der Waals surface area contributed by atoms with Gasteiger partial charge in [0.25, 0.3) is 0 Å². The van der Waals surface area contributed by atoms with Crippen molar-refractivity contribution in [1.29, 1.82) is 0 Å². The van der Waals surface area contributed by atoms with Crippen LogP contribution in [0.4, 0.5) is 5.69 Å². The number of thioether (sulfide) groups is 1. The van der Waals surface area contributed by atoms with Gasteiger partial charge in [-0.1, -0.05) is 48.5 Å². The van der Waals surface area contributed by atoms with Crippen LogP contribution in [-0.4, -0.2) is 21.6 Å². The molecule has 0 saturated carbocycles. The summed E-state index contributed by atoms with van der Waals surface area (Å²) in [4.78, 5) is 21.1. The van der Waals surface area contributed by atoms with Gasteiger partial charge in [0.2, 0.25) is 5.91 Å². The molecule has 5 heteroatoms. The summed E-state index contributed by atoms with van der Waals surface area (Å²) in [5.41, 5.74) is 3.90. The Morgan fingerprint density at radius 1 is 1.00 bits per heavy atom. The lowest BCUT2D eigenvalue weighted by atomic mass is 10.1. The number of hydrogen-bond donors (Lipinski definition) is 1. The molecular weight excluding hydrogens is 342 g/mol. The van der Waals surface area contributed by atoms with Crippen LogP contribution in [0.15, 0.2) is 65.7 Å². The van der Waals surface area contributed by atoms with Crippen LogP contribution in [-0.2, 0) is 4.79 Å². The van der Waals surface area contributed by atoms with Gasteiger partial charge in [-0.05, 0) is 31.5 Å². The monoisotopic (exact) mass is 363 g/mol. The second-order valence-electron chi connectivity index (χ2n) is 5.97. The second-order valence-corrected chi connectivity index (χ2v) is 7.08. The van der Waals surface area contributed by atoms with Gasteiger partial charge >= 0.3 is 0 Å². The number of aromatic nitrogens is 2. The van der Waals surface area contributed by atoms with Gasteiger partial charge < -0.3 is 5.32 Å². The number of hydrogen-bond acceptors (Lipinski definition) is 4. The minimum Gasteiger partial charge on any atom is -0.326 e. The van der Waals surface area contributed by atoms with Gasteiger partial charge in [-0.25, -0.2) is 9.97 Å². The third-order valence-corrected chi connectivity index (χ3v) is 4.80. The number of nitrogens with one attached hydrogen (secondary N) is 1. The van der Waals surface area contributed by atoms with Crippen LogP contribution in [0.5, 0.6) is 0 Å². The standard InChI is InChI=1S/C21H21N3OS/c1-15-8-6-7-11-18(15)24-20(25)12-13-26-21-14-19(22-16(2)23-21)17-9-4-3-5-10-17/h3-11,14H,12-13H2,1-2H3,(H,24,25). The van der Waals surface area contributed by atoms with E-state index >= 15 is 0 Å². The molecule has 0 fully saturated rings. The summed E-state index contributed by atoms with van der Waals surface area (Å²) in [6.45, 7) is 3.88. The van der Waals surface area contributed by atoms with Crippen molar-refractivity contribution in [3.8, 4) is 11.3 Å². The summed E-state index contributed by atoms with van der Waals surface area (Å²) in [6, 6.07) is 19.8. The Balaban J connectivity index is 1.59. The highest BCUT2D eigenvalue weighted by Crippen LogP contribution is 2.23. The molecule has 0 spiro atoms. The van der Waals surface area contributed by atoms with Crippen LogP contribution in [0, 0.1) is 13.8 Å². The molecule has 0 radical (unpaired) electrons. The minimum atomic E-state index is 0.0147. The molecule has 0 unspecified atom stereocenters. The first-order valence-electron chi connectivity index (χ1n) is 8.51. The van der Waals surface area contributed by atoms with Gasteiger partial charge in [0.05, 0.1) is 5.69 Å². The van der Waals surface area contributed by atoms with Crippen molar-refractivity contribution in [3.63, 3.8) is 0 Å². The number of rotatable bonds is 6. The first-order chi connectivity index (χ1) is 12.6. The lowest BCUT2D eigenvalue weighted by molar-refractivity contribution is -0.115. The Morgan fingerprint density at radius 2 is 1.73 bits per heavy atom. The molecule has 1 heterocycles. The Kier molecular flexibility index (Phi) is 6.02. The minimum absolute atomic E-state index is 0.0147. The molecule has 0 aliphatic carbocycles. The van der Waals surface area contributed by atoms with Crippen molar-refractivity contribution in [1.82, 2.24) is 9.97 Å². The highest BCUT2D eigenvalue weighted by molar-refractivity contribution is 7.99. The van der Waals surface area contributed by atoms with E-state index in [2.05, 4.69) is 15.3 Å². The van der Waals surface area contributed by atoms with Gasteiger partial charge in [0.1, 0.15) is 10.9 Å². The van der Waals surface area contributed by atoms with E-state index in [0.717, 1.165) is 33.4 Å². The number of para-hydroxylation sites is 1. The zero-order valence-electron chi connectivity index (χ0n) is 14.9. The number of anilines is 1. The van der Waals surface area contributed by atoms with Crippen LogP contribution in [0.2, 0.25) is 0 Å². The molecule has 2 aromatic carbocycles. The summed E-state index contributed by atoms with van der Waals surface area (Å²) in [5, 5.41) is 3.85. The number of nitrogens with zero attached hydrogens (tertiary/aromatic N) is 2.